The Morgan fingerprint density at radius 1 is 1.60 bits per heavy atom. The number of nitrogens with one attached hydrogen (secondary N) is 1. The van der Waals surface area contributed by atoms with Crippen LogP contribution in [0, 0.1) is 0 Å². The first-order valence-corrected chi connectivity index (χ1v) is 3.78. The summed E-state index contributed by atoms with van der Waals surface area (Å²) in [5, 5.41) is 11.6. The molecule has 0 atom stereocenters. The SMILES string of the molecule is OCCNc1nsnc1Cl. The summed E-state index contributed by atoms with van der Waals surface area (Å²) in [4.78, 5) is 0. The molecule has 1 rings (SSSR count). The fourth-order valence-electron chi connectivity index (χ4n) is 0.457. The van der Waals surface area contributed by atoms with Crippen LogP contribution in [0.1, 0.15) is 0 Å². The highest BCUT2D eigenvalue weighted by atomic mass is 35.5. The van der Waals surface area contributed by atoms with Gasteiger partial charge in [-0.05, 0) is 0 Å². The Kier molecular flexibility index (Phi) is 2.85. The number of rotatable bonds is 3. The topological polar surface area (TPSA) is 58.0 Å². The predicted octanol–water partition coefficient (Wildman–Crippen LogP) is 0.596. The van der Waals surface area contributed by atoms with E-state index < -0.39 is 0 Å². The van der Waals surface area contributed by atoms with Crippen LogP contribution in [0.25, 0.3) is 0 Å². The summed E-state index contributed by atoms with van der Waals surface area (Å²) in [6.07, 6.45) is 0. The average molecular weight is 180 g/mol. The quantitative estimate of drug-likeness (QED) is 0.714. The molecule has 0 amide bonds. The van der Waals surface area contributed by atoms with Crippen molar-refractivity contribution in [3.05, 3.63) is 5.15 Å². The van der Waals surface area contributed by atoms with E-state index >= 15 is 0 Å². The maximum atomic E-state index is 8.41. The van der Waals surface area contributed by atoms with E-state index in [0.29, 0.717) is 17.5 Å². The molecule has 0 aliphatic carbocycles. The third kappa shape index (κ3) is 1.80. The zero-order valence-corrected chi connectivity index (χ0v) is 6.61. The number of hydrogen-bond acceptors (Lipinski definition) is 5. The van der Waals surface area contributed by atoms with Crippen LogP contribution in [0.4, 0.5) is 5.82 Å². The van der Waals surface area contributed by atoms with Gasteiger partial charge in [0.25, 0.3) is 0 Å². The van der Waals surface area contributed by atoms with Crippen molar-refractivity contribution in [2.24, 2.45) is 0 Å². The highest BCUT2D eigenvalue weighted by Crippen LogP contribution is 2.16. The van der Waals surface area contributed by atoms with Crippen LogP contribution >= 0.6 is 23.3 Å². The molecule has 0 saturated carbocycles. The van der Waals surface area contributed by atoms with Crippen LogP contribution in [0.5, 0.6) is 0 Å². The Labute approximate surface area is 67.2 Å². The molecule has 0 fully saturated rings. The minimum absolute atomic E-state index is 0.0633. The number of hydrogen-bond donors (Lipinski definition) is 2. The predicted molar refractivity (Wildman–Crippen MR) is 40.5 cm³/mol. The fourth-order valence-corrected chi connectivity index (χ4v) is 1.14. The van der Waals surface area contributed by atoms with E-state index in [1.807, 2.05) is 0 Å². The van der Waals surface area contributed by atoms with Crippen molar-refractivity contribution in [1.29, 1.82) is 0 Å². The van der Waals surface area contributed by atoms with Crippen molar-refractivity contribution < 1.29 is 5.11 Å². The minimum atomic E-state index is 0.0633. The van der Waals surface area contributed by atoms with Crippen molar-refractivity contribution in [2.45, 2.75) is 0 Å². The van der Waals surface area contributed by atoms with Gasteiger partial charge in [-0.1, -0.05) is 11.6 Å². The maximum absolute atomic E-state index is 8.41. The second-order valence-electron chi connectivity index (χ2n) is 1.55. The molecule has 6 heteroatoms. The molecule has 0 unspecified atom stereocenters. The van der Waals surface area contributed by atoms with Crippen molar-refractivity contribution in [2.75, 3.05) is 18.5 Å². The van der Waals surface area contributed by atoms with Gasteiger partial charge in [-0.3, -0.25) is 0 Å². The molecular weight excluding hydrogens is 174 g/mol. The third-order valence-electron chi connectivity index (χ3n) is 0.853. The van der Waals surface area contributed by atoms with Gasteiger partial charge in [0.05, 0.1) is 18.3 Å². The monoisotopic (exact) mass is 179 g/mol. The lowest BCUT2D eigenvalue weighted by atomic mass is 10.6. The number of aromatic nitrogens is 2. The van der Waals surface area contributed by atoms with Gasteiger partial charge in [0.15, 0.2) is 11.0 Å². The maximum Gasteiger partial charge on any atom is 0.186 e. The van der Waals surface area contributed by atoms with E-state index in [1.165, 1.54) is 0 Å². The Bertz CT molecular complexity index is 204. The molecular formula is C4H6ClN3OS. The normalized spacial score (nSPS) is 9.80. The minimum Gasteiger partial charge on any atom is -0.395 e. The Hall–Kier alpha value is -0.390. The van der Waals surface area contributed by atoms with Crippen LogP contribution in [-0.2, 0) is 0 Å². The number of nitrogens with zero attached hydrogens (tertiary/aromatic N) is 2. The van der Waals surface area contributed by atoms with Gasteiger partial charge in [-0.25, -0.2) is 0 Å². The summed E-state index contributed by atoms with van der Waals surface area (Å²) in [5.74, 6) is 0.542. The first-order chi connectivity index (χ1) is 4.84. The second kappa shape index (κ2) is 3.70. The summed E-state index contributed by atoms with van der Waals surface area (Å²) in [5.41, 5.74) is 0. The molecule has 0 spiro atoms. The lowest BCUT2D eigenvalue weighted by Crippen LogP contribution is -2.05. The number of aliphatic hydroxyl groups excluding tert-OH is 1. The van der Waals surface area contributed by atoms with Gasteiger partial charge in [-0.2, -0.15) is 8.75 Å². The molecule has 0 bridgehead atoms. The number of anilines is 1. The molecule has 56 valence electrons. The molecule has 0 radical (unpaired) electrons. The van der Waals surface area contributed by atoms with Crippen LogP contribution in [-0.4, -0.2) is 27.0 Å². The Morgan fingerprint density at radius 3 is 2.90 bits per heavy atom. The highest BCUT2D eigenvalue weighted by molar-refractivity contribution is 6.99. The first kappa shape index (κ1) is 7.71. The van der Waals surface area contributed by atoms with Gasteiger partial charge in [0.2, 0.25) is 0 Å². The lowest BCUT2D eigenvalue weighted by molar-refractivity contribution is 0.311. The average Bonchev–Trinajstić information content (AvgIpc) is 2.31. The van der Waals surface area contributed by atoms with Crippen LogP contribution in [0.15, 0.2) is 0 Å². The van der Waals surface area contributed by atoms with E-state index in [1.54, 1.807) is 0 Å². The largest absolute Gasteiger partial charge is 0.395 e. The van der Waals surface area contributed by atoms with Crippen molar-refractivity contribution in [1.82, 2.24) is 8.75 Å². The fraction of sp³-hybridized carbons (Fsp3) is 0.500. The molecule has 1 aromatic heterocycles. The molecule has 0 saturated heterocycles. The van der Waals surface area contributed by atoms with E-state index in [9.17, 15) is 0 Å². The second-order valence-corrected chi connectivity index (χ2v) is 2.44. The molecule has 2 N–H and O–H groups in total. The van der Waals surface area contributed by atoms with E-state index in [-0.39, 0.29) is 6.61 Å². The van der Waals surface area contributed by atoms with Gasteiger partial charge in [0, 0.05) is 6.54 Å². The third-order valence-corrected chi connectivity index (χ3v) is 1.74. The van der Waals surface area contributed by atoms with Crippen LogP contribution in [0.3, 0.4) is 0 Å². The first-order valence-electron chi connectivity index (χ1n) is 2.67. The molecule has 0 aliphatic heterocycles. The van der Waals surface area contributed by atoms with E-state index in [2.05, 4.69) is 14.1 Å². The zero-order valence-electron chi connectivity index (χ0n) is 5.04. The summed E-state index contributed by atoms with van der Waals surface area (Å²) >= 11 is 6.61. The van der Waals surface area contributed by atoms with Gasteiger partial charge < -0.3 is 10.4 Å². The summed E-state index contributed by atoms with van der Waals surface area (Å²) in [6, 6.07) is 0. The smallest absolute Gasteiger partial charge is 0.186 e. The molecule has 10 heavy (non-hydrogen) atoms. The van der Waals surface area contributed by atoms with Crippen LogP contribution in [0.2, 0.25) is 5.15 Å². The summed E-state index contributed by atoms with van der Waals surface area (Å²) in [6.45, 7) is 0.513. The zero-order chi connectivity index (χ0) is 7.40. The molecule has 0 aliphatic rings. The highest BCUT2D eigenvalue weighted by Gasteiger charge is 2.01. The number of halogens is 1. The van der Waals surface area contributed by atoms with Gasteiger partial charge in [-0.15, -0.1) is 0 Å². The van der Waals surface area contributed by atoms with Gasteiger partial charge >= 0.3 is 0 Å². The standard InChI is InChI=1S/C4H6ClN3OS/c5-3-4(6-1-2-9)8-10-7-3/h9H,1-2H2,(H,6,8). The van der Waals surface area contributed by atoms with Crippen molar-refractivity contribution in [3.63, 3.8) is 0 Å². The molecule has 1 heterocycles. The summed E-state index contributed by atoms with van der Waals surface area (Å²) < 4.78 is 7.55. The van der Waals surface area contributed by atoms with Crippen LogP contribution < -0.4 is 5.32 Å². The molecule has 1 aromatic rings. The van der Waals surface area contributed by atoms with Crippen molar-refractivity contribution in [3.8, 4) is 0 Å². The summed E-state index contributed by atoms with van der Waals surface area (Å²) in [7, 11) is 0. The van der Waals surface area contributed by atoms with E-state index in [4.69, 9.17) is 16.7 Å². The lowest BCUT2D eigenvalue weighted by Gasteiger charge is -1.96. The van der Waals surface area contributed by atoms with Gasteiger partial charge in [0.1, 0.15) is 0 Å². The Morgan fingerprint density at radius 2 is 2.40 bits per heavy atom. The molecule has 0 aromatic carbocycles. The number of aliphatic hydroxyl groups is 1. The Balaban J connectivity index is 2.49. The molecule has 4 nitrogen and oxygen atoms in total. The van der Waals surface area contributed by atoms with Crippen molar-refractivity contribution >= 4 is 29.1 Å². The van der Waals surface area contributed by atoms with E-state index in [0.717, 1.165) is 11.7 Å².